The van der Waals surface area contributed by atoms with Gasteiger partial charge in [0, 0.05) is 18.4 Å². The highest BCUT2D eigenvalue weighted by atomic mass is 16.4. The molecule has 0 saturated heterocycles. The molecule has 0 saturated carbocycles. The first kappa shape index (κ1) is 10.6. The van der Waals surface area contributed by atoms with Gasteiger partial charge in [0.25, 0.3) is 0 Å². The second kappa shape index (κ2) is 5.27. The molecule has 2 N–H and O–H groups in total. The fourth-order valence-corrected chi connectivity index (χ4v) is 1.28. The van der Waals surface area contributed by atoms with Gasteiger partial charge in [0.1, 0.15) is 0 Å². The van der Waals surface area contributed by atoms with E-state index in [9.17, 15) is 9.90 Å². The molecule has 0 heterocycles. The minimum atomic E-state index is -0.780. The molecule has 0 aromatic carbocycles. The van der Waals surface area contributed by atoms with Crippen molar-refractivity contribution in [1.29, 1.82) is 0 Å². The average Bonchev–Trinajstić information content (AvgIpc) is 2.64. The summed E-state index contributed by atoms with van der Waals surface area (Å²) in [6.07, 6.45) is 9.46. The lowest BCUT2D eigenvalue weighted by Gasteiger charge is -2.01. The van der Waals surface area contributed by atoms with Crippen LogP contribution in [0.1, 0.15) is 25.7 Å². The Balaban J connectivity index is 2.25. The van der Waals surface area contributed by atoms with Gasteiger partial charge >= 0.3 is 5.97 Å². The molecule has 76 valence electrons. The van der Waals surface area contributed by atoms with Crippen molar-refractivity contribution < 1.29 is 15.0 Å². The van der Waals surface area contributed by atoms with Crippen molar-refractivity contribution in [2.75, 3.05) is 0 Å². The number of carbonyl (C=O) groups is 1. The van der Waals surface area contributed by atoms with Crippen LogP contribution < -0.4 is 0 Å². The third kappa shape index (κ3) is 3.47. The number of carboxylic acid groups (broad SMARTS) is 1. The van der Waals surface area contributed by atoms with E-state index >= 15 is 0 Å². The fraction of sp³-hybridized carbons (Fsp3) is 0.364. The number of hydrogen-bond donors (Lipinski definition) is 2. The molecule has 0 aromatic heterocycles. The van der Waals surface area contributed by atoms with Crippen LogP contribution in [0.15, 0.2) is 35.6 Å². The number of rotatable bonds is 5. The van der Waals surface area contributed by atoms with Crippen molar-refractivity contribution in [2.45, 2.75) is 25.7 Å². The maximum absolute atomic E-state index is 10.2. The third-order valence-corrected chi connectivity index (χ3v) is 2.05. The summed E-state index contributed by atoms with van der Waals surface area (Å²) in [4.78, 5) is 10.2. The summed E-state index contributed by atoms with van der Waals surface area (Å²) in [5, 5.41) is 17.9. The lowest BCUT2D eigenvalue weighted by Crippen LogP contribution is -1.94. The van der Waals surface area contributed by atoms with Crippen molar-refractivity contribution in [3.8, 4) is 0 Å². The highest BCUT2D eigenvalue weighted by Crippen LogP contribution is 2.16. The van der Waals surface area contributed by atoms with Gasteiger partial charge in [-0.3, -0.25) is 4.79 Å². The average molecular weight is 194 g/mol. The molecule has 0 fully saturated rings. The molecule has 3 nitrogen and oxygen atoms in total. The van der Waals surface area contributed by atoms with Crippen molar-refractivity contribution in [3.05, 3.63) is 35.6 Å². The number of unbranched alkanes of at least 4 members (excludes halogenated alkanes) is 1. The molecule has 1 aliphatic rings. The highest BCUT2D eigenvalue weighted by molar-refractivity contribution is 5.66. The summed E-state index contributed by atoms with van der Waals surface area (Å²) in [6.45, 7) is 0. The zero-order valence-electron chi connectivity index (χ0n) is 7.94. The van der Waals surface area contributed by atoms with Crippen molar-refractivity contribution in [3.63, 3.8) is 0 Å². The Morgan fingerprint density at radius 2 is 1.64 bits per heavy atom. The molecule has 3 heteroatoms. The predicted octanol–water partition coefficient (Wildman–Crippen LogP) is 2.57. The van der Waals surface area contributed by atoms with Gasteiger partial charge in [-0.05, 0) is 12.8 Å². The first-order chi connectivity index (χ1) is 6.70. The van der Waals surface area contributed by atoms with Crippen LogP contribution in [0.5, 0.6) is 0 Å². The van der Waals surface area contributed by atoms with Gasteiger partial charge in [-0.25, -0.2) is 0 Å². The summed E-state index contributed by atoms with van der Waals surface area (Å²) in [6, 6.07) is 0. The lowest BCUT2D eigenvalue weighted by molar-refractivity contribution is -0.137. The van der Waals surface area contributed by atoms with Crippen LogP contribution in [0.4, 0.5) is 0 Å². The van der Waals surface area contributed by atoms with Crippen LogP contribution in [0.25, 0.3) is 0 Å². The minimum Gasteiger partial charge on any atom is -0.512 e. The van der Waals surface area contributed by atoms with Crippen LogP contribution in [-0.2, 0) is 4.79 Å². The molecule has 1 aliphatic carbocycles. The van der Waals surface area contributed by atoms with E-state index in [2.05, 4.69) is 0 Å². The summed E-state index contributed by atoms with van der Waals surface area (Å²) in [5.74, 6) is -0.432. The van der Waals surface area contributed by atoms with Crippen LogP contribution in [-0.4, -0.2) is 16.2 Å². The SMILES string of the molecule is O=C(O)CCCCC(O)=C1C=CC=C1. The van der Waals surface area contributed by atoms with E-state index in [-0.39, 0.29) is 6.42 Å². The van der Waals surface area contributed by atoms with Gasteiger partial charge in [-0.15, -0.1) is 0 Å². The van der Waals surface area contributed by atoms with Gasteiger partial charge in [0.15, 0.2) is 0 Å². The van der Waals surface area contributed by atoms with E-state index in [0.717, 1.165) is 5.57 Å². The molecule has 0 unspecified atom stereocenters. The standard InChI is InChI=1S/C11H14O3/c12-10(9-5-1-2-6-9)7-3-4-8-11(13)14/h1-2,5-6,12H,3-4,7-8H2,(H,13,14). The third-order valence-electron chi connectivity index (χ3n) is 2.05. The number of aliphatic carboxylic acids is 1. The number of aliphatic hydroxyl groups is 1. The maximum Gasteiger partial charge on any atom is 0.303 e. The molecular formula is C11H14O3. The Labute approximate surface area is 83.1 Å². The van der Waals surface area contributed by atoms with Crippen molar-refractivity contribution in [2.24, 2.45) is 0 Å². The van der Waals surface area contributed by atoms with E-state index in [0.29, 0.717) is 25.0 Å². The topological polar surface area (TPSA) is 57.5 Å². The second-order valence-electron chi connectivity index (χ2n) is 3.22. The molecule has 0 bridgehead atoms. The smallest absolute Gasteiger partial charge is 0.303 e. The summed E-state index contributed by atoms with van der Waals surface area (Å²) < 4.78 is 0. The minimum absolute atomic E-state index is 0.175. The Morgan fingerprint density at radius 1 is 1.07 bits per heavy atom. The van der Waals surface area contributed by atoms with Crippen molar-refractivity contribution in [1.82, 2.24) is 0 Å². The maximum atomic E-state index is 10.2. The molecule has 1 rings (SSSR count). The molecule has 0 amide bonds. The van der Waals surface area contributed by atoms with E-state index in [1.807, 2.05) is 24.3 Å². The molecular weight excluding hydrogens is 180 g/mol. The number of hydrogen-bond acceptors (Lipinski definition) is 2. The van der Waals surface area contributed by atoms with Gasteiger partial charge in [-0.1, -0.05) is 24.3 Å². The Bertz CT molecular complexity index is 284. The monoisotopic (exact) mass is 194 g/mol. The molecule has 0 spiro atoms. The molecule has 0 radical (unpaired) electrons. The molecule has 0 atom stereocenters. The zero-order valence-corrected chi connectivity index (χ0v) is 7.94. The largest absolute Gasteiger partial charge is 0.512 e. The predicted molar refractivity (Wildman–Crippen MR) is 54.0 cm³/mol. The molecule has 0 aliphatic heterocycles. The lowest BCUT2D eigenvalue weighted by atomic mass is 10.1. The van der Waals surface area contributed by atoms with E-state index < -0.39 is 5.97 Å². The summed E-state index contributed by atoms with van der Waals surface area (Å²) in [5.41, 5.74) is 0.834. The molecule has 14 heavy (non-hydrogen) atoms. The van der Waals surface area contributed by atoms with Crippen LogP contribution in [0.3, 0.4) is 0 Å². The van der Waals surface area contributed by atoms with Gasteiger partial charge in [0.05, 0.1) is 5.76 Å². The summed E-state index contributed by atoms with van der Waals surface area (Å²) in [7, 11) is 0. The highest BCUT2D eigenvalue weighted by Gasteiger charge is 2.03. The number of carboxylic acids is 1. The fourth-order valence-electron chi connectivity index (χ4n) is 1.28. The van der Waals surface area contributed by atoms with Crippen LogP contribution in [0, 0.1) is 0 Å². The summed E-state index contributed by atoms with van der Waals surface area (Å²) >= 11 is 0. The zero-order chi connectivity index (χ0) is 10.4. The first-order valence-corrected chi connectivity index (χ1v) is 4.69. The number of allylic oxidation sites excluding steroid dienone is 6. The van der Waals surface area contributed by atoms with Crippen LogP contribution >= 0.6 is 0 Å². The van der Waals surface area contributed by atoms with Crippen LogP contribution in [0.2, 0.25) is 0 Å². The second-order valence-corrected chi connectivity index (χ2v) is 3.22. The Kier molecular flexibility index (Phi) is 3.98. The first-order valence-electron chi connectivity index (χ1n) is 4.69. The van der Waals surface area contributed by atoms with Gasteiger partial charge in [-0.2, -0.15) is 0 Å². The number of aliphatic hydroxyl groups excluding tert-OH is 1. The Morgan fingerprint density at radius 3 is 2.21 bits per heavy atom. The van der Waals surface area contributed by atoms with Crippen molar-refractivity contribution >= 4 is 5.97 Å². The normalized spacial score (nSPS) is 13.6. The van der Waals surface area contributed by atoms with E-state index in [1.54, 1.807) is 0 Å². The van der Waals surface area contributed by atoms with E-state index in [1.165, 1.54) is 0 Å². The molecule has 0 aromatic rings. The van der Waals surface area contributed by atoms with Gasteiger partial charge in [0.2, 0.25) is 0 Å². The quantitative estimate of drug-likeness (QED) is 0.522. The van der Waals surface area contributed by atoms with E-state index in [4.69, 9.17) is 5.11 Å². The Hall–Kier alpha value is -1.51. The van der Waals surface area contributed by atoms with Gasteiger partial charge < -0.3 is 10.2 Å².